The van der Waals surface area contributed by atoms with E-state index in [9.17, 15) is 0 Å². The maximum Gasteiger partial charge on any atom is 0.146 e. The molecule has 0 fully saturated rings. The van der Waals surface area contributed by atoms with Gasteiger partial charge in [-0.2, -0.15) is 0 Å². The highest BCUT2D eigenvalue weighted by Crippen LogP contribution is 2.31. The second kappa shape index (κ2) is 4.11. The van der Waals surface area contributed by atoms with Crippen LogP contribution in [-0.4, -0.2) is 22.5 Å². The van der Waals surface area contributed by atoms with Gasteiger partial charge in [0.15, 0.2) is 0 Å². The molecule has 1 aliphatic rings. The zero-order valence-electron chi connectivity index (χ0n) is 8.03. The van der Waals surface area contributed by atoms with E-state index in [-0.39, 0.29) is 11.6 Å². The van der Waals surface area contributed by atoms with Gasteiger partial charge in [0, 0.05) is 5.75 Å². The van der Waals surface area contributed by atoms with E-state index in [4.69, 9.17) is 5.11 Å². The first kappa shape index (κ1) is 9.68. The number of thioether (sulfide) groups is 1. The first-order chi connectivity index (χ1) is 6.75. The van der Waals surface area contributed by atoms with E-state index < -0.39 is 0 Å². The summed E-state index contributed by atoms with van der Waals surface area (Å²) in [5.41, 5.74) is 2.45. The van der Waals surface area contributed by atoms with Crippen molar-refractivity contribution in [2.45, 2.75) is 18.5 Å². The van der Waals surface area contributed by atoms with Crippen molar-refractivity contribution < 1.29 is 5.11 Å². The summed E-state index contributed by atoms with van der Waals surface area (Å²) in [6, 6.07) is 8.11. The number of hydrogen-bond acceptors (Lipinski definition) is 4. The van der Waals surface area contributed by atoms with E-state index in [2.05, 4.69) is 10.6 Å². The topological polar surface area (TPSA) is 44.3 Å². The molecule has 1 aromatic rings. The van der Waals surface area contributed by atoms with Gasteiger partial charge in [-0.15, -0.1) is 11.8 Å². The van der Waals surface area contributed by atoms with Gasteiger partial charge >= 0.3 is 0 Å². The second-order valence-electron chi connectivity index (χ2n) is 3.40. The fourth-order valence-electron chi connectivity index (χ4n) is 1.37. The molecular formula is C10H14N2OS. The Balaban J connectivity index is 1.92. The zero-order valence-corrected chi connectivity index (χ0v) is 8.84. The smallest absolute Gasteiger partial charge is 0.146 e. The van der Waals surface area contributed by atoms with Crippen molar-refractivity contribution in [1.82, 2.24) is 0 Å². The minimum atomic E-state index is -0.257. The quantitative estimate of drug-likeness (QED) is 0.713. The lowest BCUT2D eigenvalue weighted by atomic mass is 10.3. The van der Waals surface area contributed by atoms with Crippen LogP contribution in [-0.2, 0) is 0 Å². The highest BCUT2D eigenvalue weighted by Gasteiger charge is 2.18. The fraction of sp³-hybridized carbons (Fsp3) is 0.400. The monoisotopic (exact) mass is 210 g/mol. The van der Waals surface area contributed by atoms with E-state index in [1.165, 1.54) is 0 Å². The molecule has 0 radical (unpaired) electrons. The third-order valence-electron chi connectivity index (χ3n) is 2.00. The Morgan fingerprint density at radius 3 is 2.43 bits per heavy atom. The van der Waals surface area contributed by atoms with E-state index >= 15 is 0 Å². The molecule has 0 saturated heterocycles. The van der Waals surface area contributed by atoms with Crippen molar-refractivity contribution in [3.05, 3.63) is 24.3 Å². The summed E-state index contributed by atoms with van der Waals surface area (Å²) in [5, 5.41) is 15.8. The Labute approximate surface area is 87.9 Å². The number of para-hydroxylation sites is 2. The third kappa shape index (κ3) is 2.13. The molecule has 4 heteroatoms. The molecule has 0 bridgehead atoms. The number of aliphatic hydroxyl groups is 1. The SMILES string of the molecule is CC(O)CSC1Nc2ccccc2N1. The van der Waals surface area contributed by atoms with Crippen LogP contribution in [0.15, 0.2) is 24.3 Å². The van der Waals surface area contributed by atoms with E-state index in [1.54, 1.807) is 18.7 Å². The number of benzene rings is 1. The van der Waals surface area contributed by atoms with Crippen LogP contribution in [0.3, 0.4) is 0 Å². The summed E-state index contributed by atoms with van der Waals surface area (Å²) < 4.78 is 0. The van der Waals surface area contributed by atoms with Crippen molar-refractivity contribution in [2.24, 2.45) is 0 Å². The molecule has 1 aromatic carbocycles. The van der Waals surface area contributed by atoms with Crippen molar-refractivity contribution in [1.29, 1.82) is 0 Å². The molecule has 1 heterocycles. The van der Waals surface area contributed by atoms with Crippen LogP contribution < -0.4 is 10.6 Å². The predicted molar refractivity (Wildman–Crippen MR) is 61.6 cm³/mol. The maximum absolute atomic E-state index is 9.15. The van der Waals surface area contributed by atoms with Gasteiger partial charge in [0.05, 0.1) is 17.5 Å². The average molecular weight is 210 g/mol. The number of fused-ring (bicyclic) bond motifs is 1. The predicted octanol–water partition coefficient (Wildman–Crippen LogP) is 1.92. The highest BCUT2D eigenvalue weighted by molar-refractivity contribution is 8.00. The third-order valence-corrected chi connectivity index (χ3v) is 3.25. The minimum absolute atomic E-state index is 0.182. The number of aliphatic hydroxyl groups excluding tert-OH is 1. The van der Waals surface area contributed by atoms with Gasteiger partial charge in [-0.3, -0.25) is 0 Å². The molecule has 76 valence electrons. The molecule has 0 spiro atoms. The molecule has 0 saturated carbocycles. The molecule has 2 rings (SSSR count). The van der Waals surface area contributed by atoms with Gasteiger partial charge in [-0.1, -0.05) is 12.1 Å². The molecule has 0 amide bonds. The van der Waals surface area contributed by atoms with Crippen LogP contribution in [0.2, 0.25) is 0 Å². The summed E-state index contributed by atoms with van der Waals surface area (Å²) in [7, 11) is 0. The number of hydrogen-bond donors (Lipinski definition) is 3. The normalized spacial score (nSPS) is 17.0. The Bertz CT molecular complexity index is 292. The van der Waals surface area contributed by atoms with Crippen molar-refractivity contribution >= 4 is 23.1 Å². The zero-order chi connectivity index (χ0) is 9.97. The minimum Gasteiger partial charge on any atom is -0.393 e. The Hall–Kier alpha value is -0.870. The lowest BCUT2D eigenvalue weighted by molar-refractivity contribution is 0.220. The van der Waals surface area contributed by atoms with Gasteiger partial charge in [0.25, 0.3) is 0 Å². The summed E-state index contributed by atoms with van der Waals surface area (Å²) in [6.45, 7) is 1.80. The number of anilines is 2. The summed E-state index contributed by atoms with van der Waals surface area (Å²) in [5.74, 6) is 0.735. The Morgan fingerprint density at radius 1 is 1.36 bits per heavy atom. The largest absolute Gasteiger partial charge is 0.393 e. The molecule has 3 nitrogen and oxygen atoms in total. The molecule has 0 aliphatic carbocycles. The van der Waals surface area contributed by atoms with Crippen LogP contribution in [0.25, 0.3) is 0 Å². The molecule has 14 heavy (non-hydrogen) atoms. The number of rotatable bonds is 3. The molecule has 1 aliphatic heterocycles. The maximum atomic E-state index is 9.15. The molecule has 1 atom stereocenters. The van der Waals surface area contributed by atoms with Gasteiger partial charge in [0.2, 0.25) is 0 Å². The Kier molecular flexibility index (Phi) is 2.84. The van der Waals surface area contributed by atoms with E-state index in [0.717, 1.165) is 17.1 Å². The molecule has 3 N–H and O–H groups in total. The lowest BCUT2D eigenvalue weighted by Gasteiger charge is -2.12. The van der Waals surface area contributed by atoms with Crippen LogP contribution >= 0.6 is 11.8 Å². The van der Waals surface area contributed by atoms with Crippen LogP contribution in [0, 0.1) is 0 Å². The summed E-state index contributed by atoms with van der Waals surface area (Å²) >= 11 is 1.68. The Morgan fingerprint density at radius 2 is 1.93 bits per heavy atom. The number of nitrogens with one attached hydrogen (secondary N) is 2. The van der Waals surface area contributed by atoms with Gasteiger partial charge in [0.1, 0.15) is 5.50 Å². The van der Waals surface area contributed by atoms with Crippen LogP contribution in [0.1, 0.15) is 6.92 Å². The summed E-state index contributed by atoms with van der Waals surface area (Å²) in [6.07, 6.45) is -0.257. The lowest BCUT2D eigenvalue weighted by Crippen LogP contribution is -2.20. The fourth-order valence-corrected chi connectivity index (χ4v) is 2.26. The van der Waals surface area contributed by atoms with E-state index in [1.807, 2.05) is 24.3 Å². The molecule has 0 aromatic heterocycles. The van der Waals surface area contributed by atoms with E-state index in [0.29, 0.717) is 0 Å². The molecular weight excluding hydrogens is 196 g/mol. The van der Waals surface area contributed by atoms with Gasteiger partial charge in [-0.05, 0) is 19.1 Å². The highest BCUT2D eigenvalue weighted by atomic mass is 32.2. The second-order valence-corrected chi connectivity index (χ2v) is 4.53. The van der Waals surface area contributed by atoms with Gasteiger partial charge in [-0.25, -0.2) is 0 Å². The summed E-state index contributed by atoms with van der Waals surface area (Å²) in [4.78, 5) is 0. The standard InChI is InChI=1S/C10H14N2OS/c1-7(13)6-14-10-11-8-4-2-3-5-9(8)12-10/h2-5,7,10-13H,6H2,1H3. The first-order valence-electron chi connectivity index (χ1n) is 4.67. The van der Waals surface area contributed by atoms with Crippen molar-refractivity contribution in [3.63, 3.8) is 0 Å². The van der Waals surface area contributed by atoms with Crippen LogP contribution in [0.5, 0.6) is 0 Å². The first-order valence-corrected chi connectivity index (χ1v) is 5.72. The van der Waals surface area contributed by atoms with Crippen LogP contribution in [0.4, 0.5) is 11.4 Å². The molecule has 1 unspecified atom stereocenters. The van der Waals surface area contributed by atoms with Gasteiger partial charge < -0.3 is 15.7 Å². The van der Waals surface area contributed by atoms with Crippen molar-refractivity contribution in [3.8, 4) is 0 Å². The van der Waals surface area contributed by atoms with Crippen molar-refractivity contribution in [2.75, 3.05) is 16.4 Å². The average Bonchev–Trinajstić information content (AvgIpc) is 2.57.